The summed E-state index contributed by atoms with van der Waals surface area (Å²) in [7, 11) is 4.86. The Kier molecular flexibility index (Phi) is 6.75. The summed E-state index contributed by atoms with van der Waals surface area (Å²) in [5.41, 5.74) is 5.19. The first kappa shape index (κ1) is 24.3. The van der Waals surface area contributed by atoms with Gasteiger partial charge in [0.25, 0.3) is 5.91 Å². The summed E-state index contributed by atoms with van der Waals surface area (Å²) < 4.78 is 17.1. The van der Waals surface area contributed by atoms with E-state index in [1.54, 1.807) is 26.4 Å². The van der Waals surface area contributed by atoms with Crippen molar-refractivity contribution in [1.29, 1.82) is 0 Å². The fraction of sp³-hybridized carbons (Fsp3) is 0.286. The highest BCUT2D eigenvalue weighted by Gasteiger charge is 2.20. The topological polar surface area (TPSA) is 94.1 Å². The Morgan fingerprint density at radius 3 is 2.70 bits per heavy atom. The molecule has 1 aliphatic rings. The molecule has 1 aliphatic heterocycles. The maximum absolute atomic E-state index is 12.4. The lowest BCUT2D eigenvalue weighted by molar-refractivity contribution is 0.0823. The van der Waals surface area contributed by atoms with Crippen molar-refractivity contribution in [2.24, 2.45) is 0 Å². The number of rotatable bonds is 6. The number of ether oxygens (including phenoxy) is 2. The lowest BCUT2D eigenvalue weighted by Crippen LogP contribution is -2.27. The van der Waals surface area contributed by atoms with Crippen molar-refractivity contribution in [1.82, 2.24) is 14.9 Å². The van der Waals surface area contributed by atoms with Gasteiger partial charge >= 0.3 is 0 Å². The van der Waals surface area contributed by atoms with Gasteiger partial charge in [0.2, 0.25) is 5.69 Å². The van der Waals surface area contributed by atoms with Crippen molar-refractivity contribution in [3.8, 4) is 28.3 Å². The van der Waals surface area contributed by atoms with Crippen LogP contribution in [0.4, 0.5) is 11.4 Å². The van der Waals surface area contributed by atoms with E-state index in [1.165, 1.54) is 18.2 Å². The molecular weight excluding hydrogens is 470 g/mol. The number of methoxy groups -OCH3 is 1. The Balaban J connectivity index is 1.50. The lowest BCUT2D eigenvalue weighted by atomic mass is 10.0. The number of hydrogen-bond acceptors (Lipinski definition) is 7. The van der Waals surface area contributed by atoms with Crippen LogP contribution in [-0.4, -0.2) is 61.2 Å². The molecule has 5 rings (SSSR count). The maximum Gasteiger partial charge on any atom is 0.258 e. The molecule has 1 amide bonds. The van der Waals surface area contributed by atoms with Crippen molar-refractivity contribution < 1.29 is 18.7 Å². The molecule has 1 N–H and O–H groups in total. The largest absolute Gasteiger partial charge is 0.496 e. The molecule has 3 aromatic heterocycles. The Morgan fingerprint density at radius 2 is 1.97 bits per heavy atom. The molecule has 0 saturated carbocycles. The maximum atomic E-state index is 12.4. The molecule has 9 nitrogen and oxygen atoms in total. The van der Waals surface area contributed by atoms with Crippen molar-refractivity contribution in [2.45, 2.75) is 18.9 Å². The van der Waals surface area contributed by atoms with Crippen LogP contribution in [0.5, 0.6) is 5.75 Å². The summed E-state index contributed by atoms with van der Waals surface area (Å²) in [6.07, 6.45) is 5.05. The molecule has 0 bridgehead atoms. The number of fused-ring (bicyclic) bond motifs is 1. The third-order valence-electron chi connectivity index (χ3n) is 6.40. The van der Waals surface area contributed by atoms with Crippen LogP contribution in [0.15, 0.2) is 53.2 Å². The van der Waals surface area contributed by atoms with Crippen LogP contribution < -0.4 is 10.1 Å². The van der Waals surface area contributed by atoms with E-state index in [9.17, 15) is 4.79 Å². The second-order valence-corrected chi connectivity index (χ2v) is 9.03. The molecule has 1 saturated heterocycles. The third-order valence-corrected chi connectivity index (χ3v) is 6.40. The molecule has 0 radical (unpaired) electrons. The molecule has 0 spiro atoms. The zero-order valence-corrected chi connectivity index (χ0v) is 20.9. The number of nitrogens with one attached hydrogen (secondary N) is 1. The minimum Gasteiger partial charge on any atom is -0.496 e. The van der Waals surface area contributed by atoms with Crippen molar-refractivity contribution >= 4 is 28.4 Å². The van der Waals surface area contributed by atoms with E-state index in [4.69, 9.17) is 20.5 Å². The van der Waals surface area contributed by atoms with Crippen molar-refractivity contribution in [3.63, 3.8) is 0 Å². The fourth-order valence-electron chi connectivity index (χ4n) is 4.41. The summed E-state index contributed by atoms with van der Waals surface area (Å²) in [6, 6.07) is 11.5. The van der Waals surface area contributed by atoms with E-state index in [0.29, 0.717) is 45.6 Å². The SMILES string of the molecule is [C-]#[N+]c1cc(-c2ccnc3cc(-c4cc(OC)c(C(=O)N(C)C)cn4)oc23)ccc1NC1CCOCC1. The summed E-state index contributed by atoms with van der Waals surface area (Å²) in [4.78, 5) is 26.6. The van der Waals surface area contributed by atoms with Crippen LogP contribution in [0, 0.1) is 6.57 Å². The minimum absolute atomic E-state index is 0.199. The van der Waals surface area contributed by atoms with E-state index in [0.717, 1.165) is 42.9 Å². The number of amides is 1. The monoisotopic (exact) mass is 497 g/mol. The van der Waals surface area contributed by atoms with Crippen molar-refractivity contribution in [3.05, 3.63) is 65.8 Å². The van der Waals surface area contributed by atoms with Gasteiger partial charge in [-0.3, -0.25) is 14.8 Å². The van der Waals surface area contributed by atoms with Gasteiger partial charge < -0.3 is 24.1 Å². The number of nitrogens with zero attached hydrogens (tertiary/aromatic N) is 4. The number of pyridine rings is 2. The second-order valence-electron chi connectivity index (χ2n) is 9.03. The predicted octanol–water partition coefficient (Wildman–Crippen LogP) is 5.41. The molecular formula is C28H27N5O4. The molecule has 1 fully saturated rings. The van der Waals surface area contributed by atoms with E-state index in [2.05, 4.69) is 20.1 Å². The van der Waals surface area contributed by atoms with E-state index < -0.39 is 0 Å². The molecule has 9 heteroatoms. The van der Waals surface area contributed by atoms with Crippen LogP contribution in [0.1, 0.15) is 23.2 Å². The van der Waals surface area contributed by atoms with Crippen LogP contribution in [0.3, 0.4) is 0 Å². The van der Waals surface area contributed by atoms with Crippen LogP contribution >= 0.6 is 0 Å². The van der Waals surface area contributed by atoms with Gasteiger partial charge in [0.15, 0.2) is 11.3 Å². The fourth-order valence-corrected chi connectivity index (χ4v) is 4.41. The number of hydrogen-bond donors (Lipinski definition) is 1. The second kappa shape index (κ2) is 10.3. The van der Waals surface area contributed by atoms with Gasteiger partial charge in [0, 0.05) is 69.1 Å². The Hall–Kier alpha value is -4.42. The molecule has 188 valence electrons. The van der Waals surface area contributed by atoms with E-state index >= 15 is 0 Å². The van der Waals surface area contributed by atoms with Crippen LogP contribution in [-0.2, 0) is 4.74 Å². The lowest BCUT2D eigenvalue weighted by Gasteiger charge is -2.25. The van der Waals surface area contributed by atoms with E-state index in [1.807, 2.05) is 30.3 Å². The molecule has 0 atom stereocenters. The third kappa shape index (κ3) is 4.84. The first-order valence-corrected chi connectivity index (χ1v) is 12.0. The van der Waals surface area contributed by atoms with Gasteiger partial charge in [0.05, 0.1) is 19.2 Å². The highest BCUT2D eigenvalue weighted by molar-refractivity contribution is 5.97. The molecule has 4 heterocycles. The normalized spacial score (nSPS) is 13.8. The number of carbonyl (C=O) groups is 1. The van der Waals surface area contributed by atoms with Gasteiger partial charge in [-0.25, -0.2) is 4.85 Å². The first-order valence-electron chi connectivity index (χ1n) is 12.0. The quantitative estimate of drug-likeness (QED) is 0.356. The zero-order chi connectivity index (χ0) is 25.9. The highest BCUT2D eigenvalue weighted by atomic mass is 16.5. The average Bonchev–Trinajstić information content (AvgIpc) is 3.38. The van der Waals surface area contributed by atoms with Gasteiger partial charge in [-0.15, -0.1) is 0 Å². The standard InChI is InChI=1S/C28H27N5O4/c1-29-22-13-17(5-6-21(22)32-18-8-11-36-12-9-18)19-7-10-30-24-15-26(37-27(19)24)23-14-25(35-4)20(16-31-23)28(34)33(2)3/h5-7,10,13-16,18,32H,8-9,11-12H2,2-4H3. The number of aromatic nitrogens is 2. The molecule has 0 unspecified atom stereocenters. The zero-order valence-electron chi connectivity index (χ0n) is 20.9. The number of furan rings is 1. The minimum atomic E-state index is -0.199. The summed E-state index contributed by atoms with van der Waals surface area (Å²) in [5, 5.41) is 3.50. The first-order chi connectivity index (χ1) is 18.0. The number of carbonyl (C=O) groups excluding carboxylic acids is 1. The smallest absolute Gasteiger partial charge is 0.258 e. The molecule has 37 heavy (non-hydrogen) atoms. The Labute approximate surface area is 214 Å². The van der Waals surface area contributed by atoms with Gasteiger partial charge in [-0.05, 0) is 36.6 Å². The Bertz CT molecular complexity index is 1500. The Morgan fingerprint density at radius 1 is 1.16 bits per heavy atom. The number of benzene rings is 1. The predicted molar refractivity (Wildman–Crippen MR) is 141 cm³/mol. The van der Waals surface area contributed by atoms with Gasteiger partial charge in [-0.1, -0.05) is 6.07 Å². The van der Waals surface area contributed by atoms with Crippen molar-refractivity contribution in [2.75, 3.05) is 39.7 Å². The van der Waals surface area contributed by atoms with Gasteiger partial charge in [-0.2, -0.15) is 0 Å². The number of anilines is 1. The van der Waals surface area contributed by atoms with Gasteiger partial charge in [0.1, 0.15) is 17.0 Å². The molecule has 4 aromatic rings. The molecule has 1 aromatic carbocycles. The van der Waals surface area contributed by atoms with Crippen LogP contribution in [0.2, 0.25) is 0 Å². The summed E-state index contributed by atoms with van der Waals surface area (Å²) >= 11 is 0. The summed E-state index contributed by atoms with van der Waals surface area (Å²) in [6.45, 7) is 9.19. The average molecular weight is 498 g/mol. The van der Waals surface area contributed by atoms with Crippen LogP contribution in [0.25, 0.3) is 38.5 Å². The summed E-state index contributed by atoms with van der Waals surface area (Å²) in [5.74, 6) is 0.710. The molecule has 0 aliphatic carbocycles. The highest BCUT2D eigenvalue weighted by Crippen LogP contribution is 2.38. The van der Waals surface area contributed by atoms with E-state index in [-0.39, 0.29) is 5.91 Å².